The summed E-state index contributed by atoms with van der Waals surface area (Å²) in [6, 6.07) is 12.5. The third-order valence-corrected chi connectivity index (χ3v) is 8.69. The topological polar surface area (TPSA) is 189 Å². The predicted octanol–water partition coefficient (Wildman–Crippen LogP) is 6.38. The van der Waals surface area contributed by atoms with Gasteiger partial charge in [-0.1, -0.05) is 76.5 Å². The molecule has 2 heterocycles. The summed E-state index contributed by atoms with van der Waals surface area (Å²) in [6.07, 6.45) is 2.70. The highest BCUT2D eigenvalue weighted by Gasteiger charge is 2.53. The standard InChI is InChI=1S/C41H50O15/c1-6-7-8-9-10-11-12-13-17-22-48-34-31-21-20-30(23-32(31)54-40(47)37(34)56-39(46)29-18-15-14-16-19-29)53-41-38(52-28(5)45)36(51-27(4)44)35(50-26(3)43)33(55-41)24-49-25(2)42/h14-16,18-21,23,33,35-36,38,41H,6-13,17,22,24H2,1-5H3/t33-,35-,36+,38+,41+/m1/s1. The molecule has 1 fully saturated rings. The van der Waals surface area contributed by atoms with Crippen molar-refractivity contribution >= 4 is 40.8 Å². The highest BCUT2D eigenvalue weighted by Crippen LogP contribution is 2.37. The van der Waals surface area contributed by atoms with Crippen molar-refractivity contribution in [2.75, 3.05) is 13.2 Å². The molecule has 1 aromatic heterocycles. The Bertz CT molecular complexity index is 1850. The van der Waals surface area contributed by atoms with E-state index < -0.39 is 78.5 Å². The van der Waals surface area contributed by atoms with E-state index in [0.717, 1.165) is 47.0 Å². The van der Waals surface area contributed by atoms with Crippen molar-refractivity contribution in [3.05, 3.63) is 64.5 Å². The number of fused-ring (bicyclic) bond motifs is 1. The predicted molar refractivity (Wildman–Crippen MR) is 199 cm³/mol. The van der Waals surface area contributed by atoms with Gasteiger partial charge in [-0.15, -0.1) is 0 Å². The summed E-state index contributed by atoms with van der Waals surface area (Å²) in [5.74, 6) is -4.24. The minimum Gasteiger partial charge on any atom is -0.489 e. The second kappa shape index (κ2) is 21.6. The number of ether oxygens (including phenoxy) is 8. The van der Waals surface area contributed by atoms with Crippen LogP contribution in [0.1, 0.15) is 103 Å². The molecule has 0 amide bonds. The zero-order valence-corrected chi connectivity index (χ0v) is 32.4. The van der Waals surface area contributed by atoms with Crippen LogP contribution in [0.4, 0.5) is 0 Å². The van der Waals surface area contributed by atoms with E-state index >= 15 is 0 Å². The van der Waals surface area contributed by atoms with Crippen molar-refractivity contribution in [2.45, 2.75) is 123 Å². The molecule has 5 atom stereocenters. The van der Waals surface area contributed by atoms with Crippen LogP contribution >= 0.6 is 0 Å². The van der Waals surface area contributed by atoms with Gasteiger partial charge in [0.15, 0.2) is 18.0 Å². The van der Waals surface area contributed by atoms with Crippen molar-refractivity contribution in [2.24, 2.45) is 0 Å². The number of unbranched alkanes of at least 4 members (excludes halogenated alkanes) is 8. The lowest BCUT2D eigenvalue weighted by Crippen LogP contribution is -2.63. The lowest BCUT2D eigenvalue weighted by atomic mass is 9.98. The fourth-order valence-electron chi connectivity index (χ4n) is 6.17. The molecule has 0 spiro atoms. The second-order valence-electron chi connectivity index (χ2n) is 13.3. The van der Waals surface area contributed by atoms with Crippen LogP contribution in [0.15, 0.2) is 57.7 Å². The van der Waals surface area contributed by atoms with Gasteiger partial charge < -0.3 is 42.3 Å². The first kappa shape index (κ1) is 43.3. The van der Waals surface area contributed by atoms with Gasteiger partial charge in [0, 0.05) is 33.8 Å². The van der Waals surface area contributed by atoms with Crippen molar-refractivity contribution in [3.63, 3.8) is 0 Å². The lowest BCUT2D eigenvalue weighted by molar-refractivity contribution is -0.288. The Morgan fingerprint density at radius 2 is 1.29 bits per heavy atom. The number of benzene rings is 2. The van der Waals surface area contributed by atoms with Crippen LogP contribution in [-0.4, -0.2) is 73.8 Å². The van der Waals surface area contributed by atoms with E-state index in [0.29, 0.717) is 6.42 Å². The molecule has 1 saturated heterocycles. The molecule has 1 aliphatic rings. The Morgan fingerprint density at radius 1 is 0.679 bits per heavy atom. The van der Waals surface area contributed by atoms with Gasteiger partial charge in [0.2, 0.25) is 12.4 Å². The molecule has 0 saturated carbocycles. The molecule has 1 aliphatic heterocycles. The monoisotopic (exact) mass is 782 g/mol. The average molecular weight is 783 g/mol. The molecule has 15 heteroatoms. The normalized spacial score (nSPS) is 19.1. The van der Waals surface area contributed by atoms with Gasteiger partial charge in [-0.05, 0) is 30.7 Å². The van der Waals surface area contributed by atoms with Gasteiger partial charge in [-0.25, -0.2) is 9.59 Å². The van der Waals surface area contributed by atoms with Gasteiger partial charge in [0.25, 0.3) is 5.75 Å². The number of carbonyl (C=O) groups excluding carboxylic acids is 5. The van der Waals surface area contributed by atoms with Crippen molar-refractivity contribution in [1.82, 2.24) is 0 Å². The summed E-state index contributed by atoms with van der Waals surface area (Å²) in [5, 5.41) is 0.283. The minimum absolute atomic E-state index is 0.000978. The highest BCUT2D eigenvalue weighted by atomic mass is 16.7. The molecule has 0 radical (unpaired) electrons. The molecule has 3 aromatic rings. The molecular formula is C41H50O15. The van der Waals surface area contributed by atoms with E-state index in [4.69, 9.17) is 42.3 Å². The molecule has 4 rings (SSSR count). The third-order valence-electron chi connectivity index (χ3n) is 8.69. The SMILES string of the molecule is CCCCCCCCCCCOc1c(OC(=O)c2ccccc2)c(=O)oc2cc(O[C@H]3O[C@H](COC(C)=O)[C@@H](OC(C)=O)[C@H](OC(C)=O)[C@@H]3OC(C)=O)ccc12. The van der Waals surface area contributed by atoms with E-state index in [1.807, 2.05) is 0 Å². The molecule has 304 valence electrons. The molecule has 56 heavy (non-hydrogen) atoms. The van der Waals surface area contributed by atoms with E-state index in [2.05, 4.69) is 6.92 Å². The molecule has 0 unspecified atom stereocenters. The smallest absolute Gasteiger partial charge is 0.383 e. The second-order valence-corrected chi connectivity index (χ2v) is 13.3. The number of hydrogen-bond donors (Lipinski definition) is 0. The van der Waals surface area contributed by atoms with Crippen molar-refractivity contribution < 1.29 is 66.3 Å². The van der Waals surface area contributed by atoms with Crippen LogP contribution in [0.2, 0.25) is 0 Å². The average Bonchev–Trinajstić information content (AvgIpc) is 3.14. The number of esters is 5. The molecule has 0 aliphatic carbocycles. The zero-order valence-electron chi connectivity index (χ0n) is 32.4. The summed E-state index contributed by atoms with van der Waals surface area (Å²) in [6.45, 7) is 6.45. The Morgan fingerprint density at radius 3 is 1.91 bits per heavy atom. The van der Waals surface area contributed by atoms with Crippen LogP contribution in [-0.2, 0) is 42.9 Å². The van der Waals surface area contributed by atoms with Crippen molar-refractivity contribution in [1.29, 1.82) is 0 Å². The largest absolute Gasteiger partial charge is 0.489 e. The molecule has 15 nitrogen and oxygen atoms in total. The van der Waals surface area contributed by atoms with Crippen LogP contribution < -0.4 is 19.8 Å². The third kappa shape index (κ3) is 12.8. The minimum atomic E-state index is -1.53. The van der Waals surface area contributed by atoms with E-state index in [9.17, 15) is 28.8 Å². The fourth-order valence-corrected chi connectivity index (χ4v) is 6.17. The molecular weight excluding hydrogens is 732 g/mol. The first-order valence-corrected chi connectivity index (χ1v) is 18.9. The summed E-state index contributed by atoms with van der Waals surface area (Å²) in [7, 11) is 0. The van der Waals surface area contributed by atoms with Gasteiger partial charge in [0.05, 0.1) is 17.6 Å². The maximum absolute atomic E-state index is 13.4. The zero-order chi connectivity index (χ0) is 40.6. The number of hydrogen-bond acceptors (Lipinski definition) is 15. The van der Waals surface area contributed by atoms with Crippen LogP contribution in [0.5, 0.6) is 17.2 Å². The summed E-state index contributed by atoms with van der Waals surface area (Å²) >= 11 is 0. The molecule has 0 N–H and O–H groups in total. The van der Waals surface area contributed by atoms with Crippen LogP contribution in [0.3, 0.4) is 0 Å². The van der Waals surface area contributed by atoms with Crippen molar-refractivity contribution in [3.8, 4) is 17.2 Å². The lowest BCUT2D eigenvalue weighted by Gasteiger charge is -2.43. The highest BCUT2D eigenvalue weighted by molar-refractivity contribution is 5.93. The van der Waals surface area contributed by atoms with Crippen LogP contribution in [0.25, 0.3) is 11.0 Å². The van der Waals surface area contributed by atoms with E-state index in [1.54, 1.807) is 30.3 Å². The Kier molecular flexibility index (Phi) is 16.7. The number of rotatable bonds is 20. The Balaban J connectivity index is 1.65. The van der Waals surface area contributed by atoms with Gasteiger partial charge in [-0.2, -0.15) is 0 Å². The van der Waals surface area contributed by atoms with Gasteiger partial charge in [0.1, 0.15) is 24.0 Å². The summed E-state index contributed by atoms with van der Waals surface area (Å²) < 4.78 is 51.0. The first-order chi connectivity index (χ1) is 26.9. The quantitative estimate of drug-likeness (QED) is 0.0531. The van der Waals surface area contributed by atoms with E-state index in [1.165, 1.54) is 50.3 Å². The molecule has 2 aromatic carbocycles. The molecule has 0 bridgehead atoms. The van der Waals surface area contributed by atoms with Gasteiger partial charge in [-0.3, -0.25) is 19.2 Å². The Labute approximate surface area is 324 Å². The van der Waals surface area contributed by atoms with Gasteiger partial charge >= 0.3 is 35.5 Å². The maximum atomic E-state index is 13.4. The summed E-state index contributed by atoms with van der Waals surface area (Å²) in [5.41, 5.74) is -0.793. The van der Waals surface area contributed by atoms with Crippen LogP contribution in [0, 0.1) is 0 Å². The Hall–Kier alpha value is -5.44. The first-order valence-electron chi connectivity index (χ1n) is 18.9. The van der Waals surface area contributed by atoms with E-state index in [-0.39, 0.29) is 34.6 Å². The summed E-state index contributed by atoms with van der Waals surface area (Å²) in [4.78, 5) is 74.8. The number of carbonyl (C=O) groups is 5. The maximum Gasteiger partial charge on any atom is 0.383 e. The fraction of sp³-hybridized carbons (Fsp3) is 0.512.